The summed E-state index contributed by atoms with van der Waals surface area (Å²) in [6.07, 6.45) is 0. The fraction of sp³-hybridized carbons (Fsp3) is 0.118. The van der Waals surface area contributed by atoms with Crippen LogP contribution >= 0.6 is 0 Å². The van der Waals surface area contributed by atoms with Gasteiger partial charge in [0.1, 0.15) is 5.69 Å². The first kappa shape index (κ1) is 12.2. The maximum Gasteiger partial charge on any atom is 0.166 e. The molecule has 2 heterocycles. The summed E-state index contributed by atoms with van der Waals surface area (Å²) in [7, 11) is 0. The first-order valence-corrected chi connectivity index (χ1v) is 6.88. The van der Waals surface area contributed by atoms with Gasteiger partial charge in [0.2, 0.25) is 0 Å². The normalized spacial score (nSPS) is 15.8. The molecular weight excluding hydrogens is 264 g/mol. The Morgan fingerprint density at radius 1 is 1.00 bits per heavy atom. The van der Waals surface area contributed by atoms with Crippen LogP contribution in [0.2, 0.25) is 0 Å². The summed E-state index contributed by atoms with van der Waals surface area (Å²) >= 11 is 0. The number of hydrogen-bond donors (Lipinski definition) is 2. The third kappa shape index (κ3) is 1.63. The van der Waals surface area contributed by atoms with E-state index < -0.39 is 0 Å². The molecule has 2 N–H and O–H groups in total. The van der Waals surface area contributed by atoms with Crippen molar-refractivity contribution in [3.63, 3.8) is 0 Å². The number of hydrogen-bond acceptors (Lipinski definition) is 3. The minimum absolute atomic E-state index is 0.0511. The highest BCUT2D eigenvalue weighted by atomic mass is 16.3. The highest BCUT2D eigenvalue weighted by Gasteiger charge is 2.34. The van der Waals surface area contributed by atoms with Crippen LogP contribution < -0.4 is 0 Å². The topological polar surface area (TPSA) is 58.3 Å². The fourth-order valence-electron chi connectivity index (χ4n) is 3.02. The second-order valence-electron chi connectivity index (χ2n) is 5.15. The molecule has 3 aromatic rings. The Balaban J connectivity index is 1.96. The van der Waals surface area contributed by atoms with E-state index in [1.807, 2.05) is 54.6 Å². The Kier molecular flexibility index (Phi) is 2.59. The first-order chi connectivity index (χ1) is 10.3. The van der Waals surface area contributed by atoms with Crippen molar-refractivity contribution in [3.8, 4) is 22.7 Å². The fourth-order valence-corrected chi connectivity index (χ4v) is 3.02. The minimum atomic E-state index is -0.230. The van der Waals surface area contributed by atoms with Crippen molar-refractivity contribution < 1.29 is 10.2 Å². The number of nitrogens with zero attached hydrogens (tertiary/aromatic N) is 2. The lowest BCUT2D eigenvalue weighted by Gasteiger charge is -2.08. The number of fused-ring (bicyclic) bond motifs is 3. The summed E-state index contributed by atoms with van der Waals surface area (Å²) in [5, 5.41) is 24.8. The Morgan fingerprint density at radius 3 is 2.48 bits per heavy atom. The van der Waals surface area contributed by atoms with E-state index in [0.29, 0.717) is 11.4 Å². The van der Waals surface area contributed by atoms with Crippen LogP contribution in [0.3, 0.4) is 0 Å². The molecule has 2 aromatic carbocycles. The van der Waals surface area contributed by atoms with Crippen LogP contribution in [0.15, 0.2) is 54.6 Å². The largest absolute Gasteiger partial charge is 0.504 e. The summed E-state index contributed by atoms with van der Waals surface area (Å²) < 4.78 is 1.74. The highest BCUT2D eigenvalue weighted by Crippen LogP contribution is 2.45. The van der Waals surface area contributed by atoms with Crippen molar-refractivity contribution in [1.29, 1.82) is 0 Å². The van der Waals surface area contributed by atoms with E-state index in [1.165, 1.54) is 0 Å². The molecule has 4 nitrogen and oxygen atoms in total. The van der Waals surface area contributed by atoms with E-state index in [1.54, 1.807) is 4.68 Å². The third-order valence-electron chi connectivity index (χ3n) is 4.00. The number of aromatic hydroxyl groups is 1. The Morgan fingerprint density at radius 2 is 1.71 bits per heavy atom. The maximum atomic E-state index is 10.6. The standard InChI is InChI=1S/C17H14N2O2/c20-10-13-12-8-4-5-9-14(12)19-16(13)17(21)15(18-19)11-6-2-1-3-7-11/h1-9,13,20-21H,10H2. The average molecular weight is 278 g/mol. The molecule has 4 heteroatoms. The van der Waals surface area contributed by atoms with Gasteiger partial charge in [0, 0.05) is 5.56 Å². The van der Waals surface area contributed by atoms with Crippen molar-refractivity contribution in [1.82, 2.24) is 9.78 Å². The number of aliphatic hydroxyl groups excluding tert-OH is 1. The molecule has 0 bridgehead atoms. The molecule has 0 amide bonds. The van der Waals surface area contributed by atoms with Gasteiger partial charge in [-0.25, -0.2) is 4.68 Å². The number of benzene rings is 2. The van der Waals surface area contributed by atoms with Crippen molar-refractivity contribution in [2.45, 2.75) is 5.92 Å². The SMILES string of the molecule is OCC1c2ccccc2-n2nc(-c3ccccc3)c(O)c21. The zero-order chi connectivity index (χ0) is 14.4. The summed E-state index contributed by atoms with van der Waals surface area (Å²) in [5.41, 5.74) is 4.00. The molecule has 104 valence electrons. The number of aromatic nitrogens is 2. The molecule has 1 aliphatic heterocycles. The van der Waals surface area contributed by atoms with Gasteiger partial charge in [0.25, 0.3) is 0 Å². The molecular formula is C17H14N2O2. The molecule has 0 saturated carbocycles. The van der Waals surface area contributed by atoms with Gasteiger partial charge in [-0.15, -0.1) is 0 Å². The van der Waals surface area contributed by atoms with Crippen LogP contribution in [0, 0.1) is 0 Å². The number of rotatable bonds is 2. The van der Waals surface area contributed by atoms with Gasteiger partial charge in [0.15, 0.2) is 5.75 Å². The lowest BCUT2D eigenvalue weighted by atomic mass is 9.97. The molecule has 4 rings (SSSR count). The number of para-hydroxylation sites is 1. The van der Waals surface area contributed by atoms with Gasteiger partial charge in [-0.2, -0.15) is 5.10 Å². The quantitative estimate of drug-likeness (QED) is 0.757. The maximum absolute atomic E-state index is 10.6. The van der Waals surface area contributed by atoms with E-state index in [-0.39, 0.29) is 18.3 Å². The second kappa shape index (κ2) is 4.46. The molecule has 0 fully saturated rings. The van der Waals surface area contributed by atoms with Crippen molar-refractivity contribution in [3.05, 3.63) is 65.9 Å². The van der Waals surface area contributed by atoms with E-state index >= 15 is 0 Å². The van der Waals surface area contributed by atoms with Crippen molar-refractivity contribution in [2.75, 3.05) is 6.61 Å². The average Bonchev–Trinajstić information content (AvgIpc) is 3.03. The van der Waals surface area contributed by atoms with Crippen molar-refractivity contribution in [2.24, 2.45) is 0 Å². The van der Waals surface area contributed by atoms with Gasteiger partial charge < -0.3 is 10.2 Å². The molecule has 0 aliphatic carbocycles. The lowest BCUT2D eigenvalue weighted by molar-refractivity contribution is 0.278. The van der Waals surface area contributed by atoms with Crippen LogP contribution in [0.4, 0.5) is 0 Å². The molecule has 1 unspecified atom stereocenters. The summed E-state index contributed by atoms with van der Waals surface area (Å²) in [4.78, 5) is 0. The van der Waals surface area contributed by atoms with Crippen molar-refractivity contribution >= 4 is 0 Å². The molecule has 21 heavy (non-hydrogen) atoms. The first-order valence-electron chi connectivity index (χ1n) is 6.88. The molecule has 1 aliphatic rings. The summed E-state index contributed by atoms with van der Waals surface area (Å²) in [5.74, 6) is -0.0809. The van der Waals surface area contributed by atoms with E-state index in [9.17, 15) is 10.2 Å². The van der Waals surface area contributed by atoms with E-state index in [2.05, 4.69) is 5.10 Å². The molecule has 1 atom stereocenters. The van der Waals surface area contributed by atoms with Crippen LogP contribution in [-0.2, 0) is 0 Å². The van der Waals surface area contributed by atoms with Crippen LogP contribution in [-0.4, -0.2) is 26.6 Å². The monoisotopic (exact) mass is 278 g/mol. The molecule has 0 spiro atoms. The van der Waals surface area contributed by atoms with Gasteiger partial charge in [-0.05, 0) is 11.6 Å². The molecule has 0 saturated heterocycles. The van der Waals surface area contributed by atoms with Gasteiger partial charge >= 0.3 is 0 Å². The smallest absolute Gasteiger partial charge is 0.166 e. The zero-order valence-corrected chi connectivity index (χ0v) is 11.3. The van der Waals surface area contributed by atoms with Crippen LogP contribution in [0.25, 0.3) is 16.9 Å². The summed E-state index contributed by atoms with van der Waals surface area (Å²) in [6.45, 7) is -0.0511. The Bertz CT molecular complexity index is 809. The molecule has 1 aromatic heterocycles. The Hall–Kier alpha value is -2.59. The third-order valence-corrected chi connectivity index (χ3v) is 4.00. The highest BCUT2D eigenvalue weighted by molar-refractivity contribution is 5.71. The molecule has 0 radical (unpaired) electrons. The lowest BCUT2D eigenvalue weighted by Crippen LogP contribution is -2.02. The van der Waals surface area contributed by atoms with Gasteiger partial charge in [-0.3, -0.25) is 0 Å². The van der Waals surface area contributed by atoms with E-state index in [4.69, 9.17) is 0 Å². The van der Waals surface area contributed by atoms with Gasteiger partial charge in [0.05, 0.1) is 23.9 Å². The minimum Gasteiger partial charge on any atom is -0.504 e. The predicted molar refractivity (Wildman–Crippen MR) is 79.6 cm³/mol. The Labute approximate surface area is 121 Å². The van der Waals surface area contributed by atoms with Crippen LogP contribution in [0.5, 0.6) is 5.75 Å². The zero-order valence-electron chi connectivity index (χ0n) is 11.3. The number of aliphatic hydroxyl groups is 1. The van der Waals surface area contributed by atoms with E-state index in [0.717, 1.165) is 16.8 Å². The summed E-state index contributed by atoms with van der Waals surface area (Å²) in [6, 6.07) is 17.4. The predicted octanol–water partition coefficient (Wildman–Crippen LogP) is 2.68. The van der Waals surface area contributed by atoms with Crippen LogP contribution in [0.1, 0.15) is 17.2 Å². The second-order valence-corrected chi connectivity index (χ2v) is 5.15. The van der Waals surface area contributed by atoms with Gasteiger partial charge in [-0.1, -0.05) is 48.5 Å².